The maximum Gasteiger partial charge on any atom is 0.261 e. The van der Waals surface area contributed by atoms with Gasteiger partial charge in [0.1, 0.15) is 5.75 Å². The fraction of sp³-hybridized carbons (Fsp3) is 0.500. The molecule has 2 N–H and O–H groups in total. The van der Waals surface area contributed by atoms with Gasteiger partial charge in [0.15, 0.2) is 6.10 Å². The van der Waals surface area contributed by atoms with Crippen LogP contribution in [0.3, 0.4) is 0 Å². The quantitative estimate of drug-likeness (QED) is 0.878. The minimum absolute atomic E-state index is 0. The normalized spacial score (nSPS) is 24.2. The van der Waals surface area contributed by atoms with E-state index in [1.54, 1.807) is 0 Å². The molecule has 0 radical (unpaired) electrons. The fourth-order valence-corrected chi connectivity index (χ4v) is 2.60. The van der Waals surface area contributed by atoms with Gasteiger partial charge in [-0.05, 0) is 31.0 Å². The van der Waals surface area contributed by atoms with Gasteiger partial charge in [-0.15, -0.1) is 12.4 Å². The van der Waals surface area contributed by atoms with Gasteiger partial charge >= 0.3 is 0 Å². The summed E-state index contributed by atoms with van der Waals surface area (Å²) in [6.45, 7) is 1.76. The number of fused-ring (bicyclic) bond motifs is 1. The molecule has 0 aliphatic carbocycles. The summed E-state index contributed by atoms with van der Waals surface area (Å²) >= 11 is 0. The molecule has 1 amide bonds. The van der Waals surface area contributed by atoms with Crippen molar-refractivity contribution >= 4 is 18.3 Å². The third-order valence-electron chi connectivity index (χ3n) is 3.62. The van der Waals surface area contributed by atoms with Crippen molar-refractivity contribution in [2.75, 3.05) is 13.1 Å². The van der Waals surface area contributed by atoms with Crippen molar-refractivity contribution in [1.82, 2.24) is 10.6 Å². The summed E-state index contributed by atoms with van der Waals surface area (Å²) in [6.07, 6.45) is 2.67. The summed E-state index contributed by atoms with van der Waals surface area (Å²) in [5.41, 5.74) is 1.12. The Morgan fingerprint density at radius 2 is 2.26 bits per heavy atom. The Kier molecular flexibility index (Phi) is 4.66. The van der Waals surface area contributed by atoms with Gasteiger partial charge in [-0.25, -0.2) is 0 Å². The summed E-state index contributed by atoms with van der Waals surface area (Å²) in [6, 6.07) is 8.27. The molecular weight excluding hydrogens is 264 g/mol. The van der Waals surface area contributed by atoms with E-state index in [1.165, 1.54) is 6.42 Å². The maximum absolute atomic E-state index is 12.0. The van der Waals surface area contributed by atoms with E-state index in [2.05, 4.69) is 10.6 Å². The van der Waals surface area contributed by atoms with Crippen LogP contribution >= 0.6 is 12.4 Å². The number of carbonyl (C=O) groups excluding carboxylic acids is 1. The number of ether oxygens (including phenoxy) is 1. The van der Waals surface area contributed by atoms with Crippen molar-refractivity contribution in [2.24, 2.45) is 0 Å². The molecule has 0 saturated carbocycles. The number of para-hydroxylation sites is 1. The van der Waals surface area contributed by atoms with Gasteiger partial charge in [-0.1, -0.05) is 18.2 Å². The number of halogens is 1. The fourth-order valence-electron chi connectivity index (χ4n) is 2.60. The smallest absolute Gasteiger partial charge is 0.261 e. The molecule has 1 aromatic carbocycles. The van der Waals surface area contributed by atoms with Crippen LogP contribution in [0.1, 0.15) is 18.4 Å². The second-order valence-corrected chi connectivity index (χ2v) is 4.96. The minimum Gasteiger partial charge on any atom is -0.480 e. The van der Waals surface area contributed by atoms with E-state index in [4.69, 9.17) is 4.74 Å². The average molecular weight is 283 g/mol. The first-order valence-corrected chi connectivity index (χ1v) is 6.58. The Hall–Kier alpha value is -1.26. The molecule has 1 aromatic rings. The molecular formula is C14H19ClN2O2. The number of benzene rings is 1. The average Bonchev–Trinajstić information content (AvgIpc) is 3.04. The lowest BCUT2D eigenvalue weighted by atomic mass is 10.1. The third-order valence-corrected chi connectivity index (χ3v) is 3.62. The Bertz CT molecular complexity index is 422. The van der Waals surface area contributed by atoms with E-state index in [0.29, 0.717) is 19.0 Å². The topological polar surface area (TPSA) is 50.4 Å². The van der Waals surface area contributed by atoms with Gasteiger partial charge in [0, 0.05) is 19.0 Å². The predicted octanol–water partition coefficient (Wildman–Crippen LogP) is 1.28. The van der Waals surface area contributed by atoms with Crippen molar-refractivity contribution in [3.63, 3.8) is 0 Å². The number of carbonyl (C=O) groups is 1. The van der Waals surface area contributed by atoms with Crippen molar-refractivity contribution in [2.45, 2.75) is 31.4 Å². The molecule has 0 aromatic heterocycles. The van der Waals surface area contributed by atoms with E-state index < -0.39 is 0 Å². The van der Waals surface area contributed by atoms with Crippen LogP contribution in [0.15, 0.2) is 24.3 Å². The SMILES string of the molecule is Cl.O=C(NCC1CCCN1)C1Cc2ccccc2O1. The molecule has 2 heterocycles. The van der Waals surface area contributed by atoms with Crippen molar-refractivity contribution in [3.8, 4) is 5.75 Å². The molecule has 3 rings (SSSR count). The first-order valence-electron chi connectivity index (χ1n) is 6.58. The lowest BCUT2D eigenvalue weighted by molar-refractivity contribution is -0.127. The monoisotopic (exact) mass is 282 g/mol. The van der Waals surface area contributed by atoms with E-state index >= 15 is 0 Å². The zero-order chi connectivity index (χ0) is 12.4. The molecule has 0 bridgehead atoms. The lowest BCUT2D eigenvalue weighted by Crippen LogP contribution is -2.43. The van der Waals surface area contributed by atoms with Crippen molar-refractivity contribution < 1.29 is 9.53 Å². The van der Waals surface area contributed by atoms with Crippen molar-refractivity contribution in [1.29, 1.82) is 0 Å². The largest absolute Gasteiger partial charge is 0.480 e. The van der Waals surface area contributed by atoms with E-state index in [0.717, 1.165) is 24.3 Å². The minimum atomic E-state index is -0.358. The van der Waals surface area contributed by atoms with Gasteiger partial charge in [0.25, 0.3) is 5.91 Å². The molecule has 5 heteroatoms. The Balaban J connectivity index is 0.00000133. The molecule has 2 aliphatic rings. The number of hydrogen-bond donors (Lipinski definition) is 2. The maximum atomic E-state index is 12.0. The molecule has 104 valence electrons. The van der Waals surface area contributed by atoms with Crippen LogP contribution in [-0.4, -0.2) is 31.1 Å². The number of rotatable bonds is 3. The molecule has 19 heavy (non-hydrogen) atoms. The predicted molar refractivity (Wildman–Crippen MR) is 75.8 cm³/mol. The third kappa shape index (κ3) is 3.19. The molecule has 4 nitrogen and oxygen atoms in total. The second kappa shape index (κ2) is 6.26. The molecule has 0 spiro atoms. The van der Waals surface area contributed by atoms with Crippen LogP contribution in [-0.2, 0) is 11.2 Å². The van der Waals surface area contributed by atoms with Gasteiger partial charge in [-0.3, -0.25) is 4.79 Å². The van der Waals surface area contributed by atoms with E-state index in [1.807, 2.05) is 24.3 Å². The van der Waals surface area contributed by atoms with Gasteiger partial charge in [0.2, 0.25) is 0 Å². The van der Waals surface area contributed by atoms with Crippen LogP contribution in [0.2, 0.25) is 0 Å². The van der Waals surface area contributed by atoms with Crippen LogP contribution in [0.5, 0.6) is 5.75 Å². The molecule has 1 saturated heterocycles. The number of hydrogen-bond acceptors (Lipinski definition) is 3. The van der Waals surface area contributed by atoms with E-state index in [-0.39, 0.29) is 24.4 Å². The van der Waals surface area contributed by atoms with E-state index in [9.17, 15) is 4.79 Å². The number of amides is 1. The zero-order valence-electron chi connectivity index (χ0n) is 10.7. The number of nitrogens with one attached hydrogen (secondary N) is 2. The highest BCUT2D eigenvalue weighted by Gasteiger charge is 2.29. The summed E-state index contributed by atoms with van der Waals surface area (Å²) in [5, 5.41) is 6.34. The highest BCUT2D eigenvalue weighted by atomic mass is 35.5. The standard InChI is InChI=1S/C14H18N2O2.ClH/c17-14(16-9-11-5-3-7-15-11)13-8-10-4-1-2-6-12(10)18-13;/h1-2,4,6,11,13,15H,3,5,7-9H2,(H,16,17);1H. The summed E-state index contributed by atoms with van der Waals surface area (Å²) in [5.74, 6) is 0.844. The summed E-state index contributed by atoms with van der Waals surface area (Å²) in [7, 11) is 0. The molecule has 2 unspecified atom stereocenters. The highest BCUT2D eigenvalue weighted by molar-refractivity contribution is 5.85. The van der Waals surface area contributed by atoms with Gasteiger partial charge < -0.3 is 15.4 Å². The Morgan fingerprint density at radius 1 is 1.42 bits per heavy atom. The van der Waals surface area contributed by atoms with Crippen LogP contribution in [0.25, 0.3) is 0 Å². The lowest BCUT2D eigenvalue weighted by Gasteiger charge is -2.14. The van der Waals surface area contributed by atoms with Crippen molar-refractivity contribution in [3.05, 3.63) is 29.8 Å². The molecule has 1 fully saturated rings. The first kappa shape index (κ1) is 14.2. The first-order chi connectivity index (χ1) is 8.83. The Labute approximate surface area is 119 Å². The summed E-state index contributed by atoms with van der Waals surface area (Å²) in [4.78, 5) is 12.0. The second-order valence-electron chi connectivity index (χ2n) is 4.96. The zero-order valence-corrected chi connectivity index (χ0v) is 11.5. The van der Waals surface area contributed by atoms with Crippen LogP contribution in [0.4, 0.5) is 0 Å². The Morgan fingerprint density at radius 3 is 3.00 bits per heavy atom. The summed E-state index contributed by atoms with van der Waals surface area (Å²) < 4.78 is 5.65. The van der Waals surface area contributed by atoms with Gasteiger partial charge in [-0.2, -0.15) is 0 Å². The van der Waals surface area contributed by atoms with Gasteiger partial charge in [0.05, 0.1) is 0 Å². The van der Waals surface area contributed by atoms with Crippen LogP contribution in [0, 0.1) is 0 Å². The van der Waals surface area contributed by atoms with Crippen LogP contribution < -0.4 is 15.4 Å². The highest BCUT2D eigenvalue weighted by Crippen LogP contribution is 2.28. The molecule has 2 atom stereocenters. The molecule has 2 aliphatic heterocycles.